The third kappa shape index (κ3) is 2.67. The quantitative estimate of drug-likeness (QED) is 0.665. The highest BCUT2D eigenvalue weighted by Crippen LogP contribution is 2.13. The Hall–Kier alpha value is -3.14. The van der Waals surface area contributed by atoms with E-state index in [1.165, 1.54) is 11.6 Å². The summed E-state index contributed by atoms with van der Waals surface area (Å²) in [5.41, 5.74) is 4.01. The number of para-hydroxylation sites is 1. The second kappa shape index (κ2) is 6.10. The van der Waals surface area contributed by atoms with Crippen molar-refractivity contribution >= 4 is 17.1 Å². The molecule has 0 aliphatic rings. The normalized spacial score (nSPS) is 11.1. The first-order valence-corrected chi connectivity index (χ1v) is 6.60. The van der Waals surface area contributed by atoms with E-state index in [9.17, 15) is 4.79 Å². The summed E-state index contributed by atoms with van der Waals surface area (Å²) >= 11 is 0. The highest BCUT2D eigenvalue weighted by Gasteiger charge is 2.15. The van der Waals surface area contributed by atoms with Gasteiger partial charge in [0.2, 0.25) is 0 Å². The van der Waals surface area contributed by atoms with E-state index in [0.717, 1.165) is 5.69 Å². The van der Waals surface area contributed by atoms with Crippen LogP contribution >= 0.6 is 0 Å². The highest BCUT2D eigenvalue weighted by atomic mass is 16.1. The van der Waals surface area contributed by atoms with Crippen LogP contribution in [0.5, 0.6) is 0 Å². The van der Waals surface area contributed by atoms with Crippen LogP contribution in [-0.2, 0) is 7.05 Å². The highest BCUT2D eigenvalue weighted by molar-refractivity contribution is 6.46. The van der Waals surface area contributed by atoms with Crippen molar-refractivity contribution in [3.63, 3.8) is 0 Å². The van der Waals surface area contributed by atoms with Crippen molar-refractivity contribution in [1.82, 2.24) is 9.36 Å². The molecule has 0 spiro atoms. The van der Waals surface area contributed by atoms with Crippen LogP contribution in [0.1, 0.15) is 12.6 Å². The van der Waals surface area contributed by atoms with Crippen LogP contribution in [-0.4, -0.2) is 20.8 Å². The molecule has 0 saturated heterocycles. The van der Waals surface area contributed by atoms with E-state index >= 15 is 0 Å². The Morgan fingerprint density at radius 2 is 2.00 bits per heavy atom. The lowest BCUT2D eigenvalue weighted by molar-refractivity contribution is 0.630. The second-order valence-electron chi connectivity index (χ2n) is 4.75. The molecule has 0 saturated carbocycles. The summed E-state index contributed by atoms with van der Waals surface area (Å²) in [4.78, 5) is 12.6. The molecular weight excluding hydrogens is 280 g/mol. The van der Waals surface area contributed by atoms with Gasteiger partial charge in [0, 0.05) is 7.05 Å². The number of hydrogen-bond donors (Lipinski definition) is 2. The predicted octanol–water partition coefficient (Wildman–Crippen LogP) is 1.82. The van der Waals surface area contributed by atoms with Crippen molar-refractivity contribution in [3.05, 3.63) is 46.4 Å². The Bertz CT molecular complexity index is 835. The molecule has 0 bridgehead atoms. The molecule has 112 valence electrons. The Morgan fingerprint density at radius 1 is 1.36 bits per heavy atom. The molecule has 2 N–H and O–H groups in total. The van der Waals surface area contributed by atoms with E-state index in [-0.39, 0.29) is 22.7 Å². The molecule has 1 aromatic heterocycles. The van der Waals surface area contributed by atoms with Crippen LogP contribution in [0.15, 0.2) is 40.2 Å². The van der Waals surface area contributed by atoms with E-state index in [1.54, 1.807) is 18.7 Å². The number of nitriles is 1. The van der Waals surface area contributed by atoms with Crippen molar-refractivity contribution in [2.24, 2.45) is 12.1 Å². The SMILES string of the molecule is CC(=N)/C(C#N)=N\Nc1c(C)n(C)n(-c2ccccc2)c1=O. The summed E-state index contributed by atoms with van der Waals surface area (Å²) in [6.45, 7) is 3.24. The third-order valence-corrected chi connectivity index (χ3v) is 3.29. The van der Waals surface area contributed by atoms with Gasteiger partial charge in [-0.1, -0.05) is 18.2 Å². The summed E-state index contributed by atoms with van der Waals surface area (Å²) in [6.07, 6.45) is 0. The van der Waals surface area contributed by atoms with Crippen LogP contribution in [0.25, 0.3) is 5.69 Å². The molecule has 0 unspecified atom stereocenters. The summed E-state index contributed by atoms with van der Waals surface area (Å²) in [5.74, 6) is 0. The molecule has 22 heavy (non-hydrogen) atoms. The van der Waals surface area contributed by atoms with E-state index in [2.05, 4.69) is 10.5 Å². The standard InChI is InChI=1S/C15H16N6O/c1-10(17)13(9-16)18-19-14-11(2)20(3)21(15(14)22)12-7-5-4-6-8-12/h4-8,17,19H,1-3H3/b17-10?,18-13-. The van der Waals surface area contributed by atoms with Gasteiger partial charge in [-0.15, -0.1) is 0 Å². The maximum Gasteiger partial charge on any atom is 0.296 e. The number of aromatic nitrogens is 2. The zero-order valence-corrected chi connectivity index (χ0v) is 12.6. The number of hydrazone groups is 1. The first-order chi connectivity index (χ1) is 10.5. The van der Waals surface area contributed by atoms with Crippen LogP contribution in [0.4, 0.5) is 5.69 Å². The molecule has 1 aromatic carbocycles. The van der Waals surface area contributed by atoms with Crippen molar-refractivity contribution < 1.29 is 0 Å². The minimum Gasteiger partial charge on any atom is -0.303 e. The van der Waals surface area contributed by atoms with E-state index < -0.39 is 0 Å². The maximum atomic E-state index is 12.6. The lowest BCUT2D eigenvalue weighted by atomic mass is 10.3. The van der Waals surface area contributed by atoms with Gasteiger partial charge < -0.3 is 5.41 Å². The Morgan fingerprint density at radius 3 is 2.55 bits per heavy atom. The van der Waals surface area contributed by atoms with E-state index in [0.29, 0.717) is 5.69 Å². The lowest BCUT2D eigenvalue weighted by Crippen LogP contribution is -2.20. The van der Waals surface area contributed by atoms with Gasteiger partial charge in [0.25, 0.3) is 5.56 Å². The Balaban J connectivity index is 2.51. The molecule has 7 heteroatoms. The molecule has 2 rings (SSSR count). The number of nitrogens with one attached hydrogen (secondary N) is 2. The van der Waals surface area contributed by atoms with Gasteiger partial charge in [-0.25, -0.2) is 4.68 Å². The van der Waals surface area contributed by atoms with Gasteiger partial charge >= 0.3 is 0 Å². The average Bonchev–Trinajstić information content (AvgIpc) is 2.71. The monoisotopic (exact) mass is 296 g/mol. The molecule has 2 aromatic rings. The number of nitrogens with zero attached hydrogens (tertiary/aromatic N) is 4. The molecule has 0 amide bonds. The van der Waals surface area contributed by atoms with Crippen LogP contribution in [0.3, 0.4) is 0 Å². The van der Waals surface area contributed by atoms with Crippen molar-refractivity contribution in [2.45, 2.75) is 13.8 Å². The van der Waals surface area contributed by atoms with Gasteiger partial charge in [-0.2, -0.15) is 10.4 Å². The lowest BCUT2D eigenvalue weighted by Gasteiger charge is -2.07. The fourth-order valence-electron chi connectivity index (χ4n) is 2.00. The van der Waals surface area contributed by atoms with E-state index in [4.69, 9.17) is 10.7 Å². The Labute approximate surface area is 127 Å². The molecule has 0 radical (unpaired) electrons. The van der Waals surface area contributed by atoms with Crippen molar-refractivity contribution in [2.75, 3.05) is 5.43 Å². The van der Waals surface area contributed by atoms with E-state index in [1.807, 2.05) is 36.4 Å². The first-order valence-electron chi connectivity index (χ1n) is 6.60. The minimum absolute atomic E-state index is 0.0342. The average molecular weight is 296 g/mol. The van der Waals surface area contributed by atoms with Gasteiger partial charge in [0.05, 0.1) is 17.1 Å². The fourth-order valence-corrected chi connectivity index (χ4v) is 2.00. The molecule has 0 aliphatic carbocycles. The molecule has 7 nitrogen and oxygen atoms in total. The van der Waals surface area contributed by atoms with Crippen LogP contribution < -0.4 is 11.0 Å². The fraction of sp³-hybridized carbons (Fsp3) is 0.200. The topological polar surface area (TPSA) is 99.0 Å². The minimum atomic E-state index is -0.269. The summed E-state index contributed by atoms with van der Waals surface area (Å²) in [5, 5.41) is 20.2. The van der Waals surface area contributed by atoms with Crippen LogP contribution in [0, 0.1) is 23.7 Å². The summed E-state index contributed by atoms with van der Waals surface area (Å²) in [7, 11) is 1.77. The number of hydrogen-bond acceptors (Lipinski definition) is 5. The molecule has 1 heterocycles. The number of rotatable bonds is 4. The van der Waals surface area contributed by atoms with Gasteiger partial charge in [0.1, 0.15) is 11.8 Å². The number of anilines is 1. The van der Waals surface area contributed by atoms with Crippen molar-refractivity contribution in [1.29, 1.82) is 10.7 Å². The third-order valence-electron chi connectivity index (χ3n) is 3.29. The summed E-state index contributed by atoms with van der Waals surface area (Å²) in [6, 6.07) is 11.0. The molecule has 0 aliphatic heterocycles. The van der Waals surface area contributed by atoms with Gasteiger partial charge in [-0.05, 0) is 26.0 Å². The van der Waals surface area contributed by atoms with Gasteiger partial charge in [-0.3, -0.25) is 14.9 Å². The van der Waals surface area contributed by atoms with Gasteiger partial charge in [0.15, 0.2) is 5.71 Å². The number of benzene rings is 1. The molecule has 0 fully saturated rings. The largest absolute Gasteiger partial charge is 0.303 e. The second-order valence-corrected chi connectivity index (χ2v) is 4.75. The zero-order valence-electron chi connectivity index (χ0n) is 12.6. The summed E-state index contributed by atoms with van der Waals surface area (Å²) < 4.78 is 3.22. The molecule has 0 atom stereocenters. The van der Waals surface area contributed by atoms with Crippen LogP contribution in [0.2, 0.25) is 0 Å². The predicted molar refractivity (Wildman–Crippen MR) is 85.8 cm³/mol. The maximum absolute atomic E-state index is 12.6. The first kappa shape index (κ1) is 15.3. The zero-order chi connectivity index (χ0) is 16.3. The molecular formula is C15H16N6O. The van der Waals surface area contributed by atoms with Crippen molar-refractivity contribution in [3.8, 4) is 11.8 Å². The Kier molecular flexibility index (Phi) is 4.23. The smallest absolute Gasteiger partial charge is 0.296 e.